The second-order valence-electron chi connectivity index (χ2n) is 5.39. The predicted octanol–water partition coefficient (Wildman–Crippen LogP) is -0.611. The number of aliphatic hydroxyl groups is 3. The number of unbranched alkanes of at least 4 members (excludes halogenated alkanes) is 2. The van der Waals surface area contributed by atoms with Gasteiger partial charge in [0.15, 0.2) is 12.0 Å². The van der Waals surface area contributed by atoms with Gasteiger partial charge in [0.2, 0.25) is 0 Å². The van der Waals surface area contributed by atoms with Crippen LogP contribution in [-0.4, -0.2) is 56.4 Å². The number of rotatable bonds is 8. The fourth-order valence-corrected chi connectivity index (χ4v) is 2.32. The van der Waals surface area contributed by atoms with E-state index in [0.29, 0.717) is 6.61 Å². The Kier molecular flexibility index (Phi) is 6.48. The van der Waals surface area contributed by atoms with Crippen LogP contribution in [0.2, 0.25) is 0 Å². The third kappa shape index (κ3) is 4.27. The maximum Gasteiger partial charge on any atom is 0.351 e. The highest BCUT2D eigenvalue weighted by molar-refractivity contribution is 5.28. The number of aromatic nitrogens is 2. The van der Waals surface area contributed by atoms with Gasteiger partial charge in [0, 0.05) is 6.20 Å². The summed E-state index contributed by atoms with van der Waals surface area (Å²) >= 11 is 0. The van der Waals surface area contributed by atoms with Crippen molar-refractivity contribution in [1.29, 1.82) is 0 Å². The smallest absolute Gasteiger partial charge is 0.351 e. The Morgan fingerprint density at radius 1 is 1.39 bits per heavy atom. The quantitative estimate of drug-likeness (QED) is 0.367. The minimum atomic E-state index is -1.32. The standard InChI is InChI=1S/C14H23N3O6/c1-2-3-4-7-22-16-10-5-6-17(14(21)15-10)13-12(20)11(19)9(8-18)23-13/h5-6,9,11-13,18-20H,2-4,7-8H2,1H3,(H,15,16,21)/t9-,11-,12-,13-/m1/s1. The van der Waals surface area contributed by atoms with Gasteiger partial charge in [-0.3, -0.25) is 9.40 Å². The summed E-state index contributed by atoms with van der Waals surface area (Å²) in [4.78, 5) is 21.0. The van der Waals surface area contributed by atoms with Gasteiger partial charge in [0.25, 0.3) is 0 Å². The molecule has 1 aliphatic heterocycles. The van der Waals surface area contributed by atoms with E-state index >= 15 is 0 Å². The van der Waals surface area contributed by atoms with Gasteiger partial charge in [0.1, 0.15) is 18.3 Å². The monoisotopic (exact) mass is 329 g/mol. The number of nitrogens with zero attached hydrogens (tertiary/aromatic N) is 2. The summed E-state index contributed by atoms with van der Waals surface area (Å²) in [5.74, 6) is 0.245. The lowest BCUT2D eigenvalue weighted by molar-refractivity contribution is -0.0549. The first-order valence-corrected chi connectivity index (χ1v) is 7.68. The van der Waals surface area contributed by atoms with Crippen LogP contribution in [0.5, 0.6) is 0 Å². The Morgan fingerprint density at radius 2 is 2.17 bits per heavy atom. The summed E-state index contributed by atoms with van der Waals surface area (Å²) in [7, 11) is 0. The summed E-state index contributed by atoms with van der Waals surface area (Å²) in [6.45, 7) is 2.14. The number of aliphatic hydroxyl groups excluding tert-OH is 3. The summed E-state index contributed by atoms with van der Waals surface area (Å²) in [5, 5.41) is 28.7. The lowest BCUT2D eigenvalue weighted by atomic mass is 10.1. The average Bonchev–Trinajstić information content (AvgIpc) is 2.83. The first kappa shape index (κ1) is 17.8. The van der Waals surface area contributed by atoms with Gasteiger partial charge < -0.3 is 20.1 Å². The molecule has 0 saturated carbocycles. The van der Waals surface area contributed by atoms with Crippen molar-refractivity contribution in [3.8, 4) is 0 Å². The van der Waals surface area contributed by atoms with Gasteiger partial charge in [-0.05, 0) is 12.5 Å². The highest BCUT2D eigenvalue weighted by Crippen LogP contribution is 2.28. The first-order chi connectivity index (χ1) is 11.1. The zero-order chi connectivity index (χ0) is 16.8. The molecule has 0 unspecified atom stereocenters. The summed E-state index contributed by atoms with van der Waals surface area (Å²) in [6, 6.07) is 1.50. The van der Waals surface area contributed by atoms with E-state index in [0.717, 1.165) is 23.8 Å². The predicted molar refractivity (Wildman–Crippen MR) is 80.6 cm³/mol. The molecule has 0 spiro atoms. The van der Waals surface area contributed by atoms with Gasteiger partial charge in [-0.2, -0.15) is 4.98 Å². The fourth-order valence-electron chi connectivity index (χ4n) is 2.32. The van der Waals surface area contributed by atoms with Crippen LogP contribution in [0.3, 0.4) is 0 Å². The van der Waals surface area contributed by atoms with Crippen molar-refractivity contribution < 1.29 is 24.9 Å². The zero-order valence-corrected chi connectivity index (χ0v) is 13.0. The minimum absolute atomic E-state index is 0.245. The summed E-state index contributed by atoms with van der Waals surface area (Å²) in [6.07, 6.45) is -0.198. The number of ether oxygens (including phenoxy) is 1. The summed E-state index contributed by atoms with van der Waals surface area (Å²) < 4.78 is 6.35. The van der Waals surface area contributed by atoms with E-state index < -0.39 is 36.8 Å². The third-order valence-corrected chi connectivity index (χ3v) is 3.65. The van der Waals surface area contributed by atoms with E-state index in [-0.39, 0.29) is 5.82 Å². The molecule has 23 heavy (non-hydrogen) atoms. The molecule has 1 aromatic rings. The normalized spacial score (nSPS) is 27.3. The number of nitrogens with one attached hydrogen (secondary N) is 1. The van der Waals surface area contributed by atoms with Gasteiger partial charge >= 0.3 is 5.69 Å². The molecular weight excluding hydrogens is 306 g/mol. The molecule has 0 amide bonds. The Bertz CT molecular complexity index is 552. The molecule has 1 fully saturated rings. The fraction of sp³-hybridized carbons (Fsp3) is 0.714. The maximum absolute atomic E-state index is 12.0. The van der Waals surface area contributed by atoms with E-state index in [2.05, 4.69) is 17.4 Å². The van der Waals surface area contributed by atoms with Crippen molar-refractivity contribution in [3.05, 3.63) is 22.7 Å². The number of hydrogen-bond acceptors (Lipinski definition) is 8. The Hall–Kier alpha value is -1.52. The van der Waals surface area contributed by atoms with Crippen LogP contribution in [0.4, 0.5) is 5.82 Å². The molecule has 0 aromatic carbocycles. The molecule has 4 atom stereocenters. The number of anilines is 1. The lowest BCUT2D eigenvalue weighted by Crippen LogP contribution is -2.36. The van der Waals surface area contributed by atoms with Crippen LogP contribution in [-0.2, 0) is 9.57 Å². The number of hydrogen-bond donors (Lipinski definition) is 4. The van der Waals surface area contributed by atoms with Crippen molar-refractivity contribution in [3.63, 3.8) is 0 Å². The van der Waals surface area contributed by atoms with Crippen molar-refractivity contribution in [2.75, 3.05) is 18.7 Å². The molecule has 2 rings (SSSR count). The molecule has 1 aliphatic rings. The zero-order valence-electron chi connectivity index (χ0n) is 13.0. The maximum atomic E-state index is 12.0. The van der Waals surface area contributed by atoms with Gasteiger partial charge in [-0.25, -0.2) is 10.3 Å². The second-order valence-corrected chi connectivity index (χ2v) is 5.39. The van der Waals surface area contributed by atoms with Crippen LogP contribution in [0.25, 0.3) is 0 Å². The molecule has 0 bridgehead atoms. The molecule has 0 aliphatic carbocycles. The Morgan fingerprint density at radius 3 is 2.78 bits per heavy atom. The highest BCUT2D eigenvalue weighted by atomic mass is 16.6. The van der Waals surface area contributed by atoms with E-state index in [9.17, 15) is 15.0 Å². The van der Waals surface area contributed by atoms with Crippen LogP contribution < -0.4 is 11.2 Å². The van der Waals surface area contributed by atoms with Crippen molar-refractivity contribution in [1.82, 2.24) is 9.55 Å². The van der Waals surface area contributed by atoms with Crippen LogP contribution in [0.1, 0.15) is 32.4 Å². The van der Waals surface area contributed by atoms with E-state index in [4.69, 9.17) is 14.7 Å². The molecule has 1 saturated heterocycles. The van der Waals surface area contributed by atoms with E-state index in [1.807, 2.05) is 0 Å². The van der Waals surface area contributed by atoms with Crippen molar-refractivity contribution >= 4 is 5.82 Å². The molecule has 2 heterocycles. The molecule has 1 aromatic heterocycles. The largest absolute Gasteiger partial charge is 0.394 e. The van der Waals surface area contributed by atoms with Crippen LogP contribution in [0.15, 0.2) is 17.1 Å². The summed E-state index contributed by atoms with van der Waals surface area (Å²) in [5.41, 5.74) is 1.92. The third-order valence-electron chi connectivity index (χ3n) is 3.65. The molecular formula is C14H23N3O6. The average molecular weight is 329 g/mol. The molecule has 9 nitrogen and oxygen atoms in total. The molecule has 0 radical (unpaired) electrons. The lowest BCUT2D eigenvalue weighted by Gasteiger charge is -2.17. The topological polar surface area (TPSA) is 126 Å². The molecule has 4 N–H and O–H groups in total. The SMILES string of the molecule is CCCCCONc1ccn([C@@H]2O[C@H](CO)[C@@H](O)[C@H]2O)c(=O)n1. The van der Waals surface area contributed by atoms with Crippen LogP contribution >= 0.6 is 0 Å². The molecule has 9 heteroatoms. The highest BCUT2D eigenvalue weighted by Gasteiger charge is 2.43. The first-order valence-electron chi connectivity index (χ1n) is 7.68. The van der Waals surface area contributed by atoms with Gasteiger partial charge in [-0.15, -0.1) is 0 Å². The minimum Gasteiger partial charge on any atom is -0.394 e. The van der Waals surface area contributed by atoms with Crippen molar-refractivity contribution in [2.24, 2.45) is 0 Å². The second kappa shape index (κ2) is 8.37. The van der Waals surface area contributed by atoms with Crippen LogP contribution in [0, 0.1) is 0 Å². The van der Waals surface area contributed by atoms with Crippen molar-refractivity contribution in [2.45, 2.75) is 50.7 Å². The Balaban J connectivity index is 1.98. The molecule has 130 valence electrons. The van der Waals surface area contributed by atoms with Gasteiger partial charge in [-0.1, -0.05) is 19.8 Å². The Labute approximate surface area is 133 Å². The van der Waals surface area contributed by atoms with E-state index in [1.165, 1.54) is 12.3 Å². The van der Waals surface area contributed by atoms with Gasteiger partial charge in [0.05, 0.1) is 13.2 Å². The van der Waals surface area contributed by atoms with E-state index in [1.54, 1.807) is 0 Å².